The quantitative estimate of drug-likeness (QED) is 0.660. The standard InChI is InChI=1S/C13H20N2O4S2/c1-9(2)14-12-7-10-11(16)8-15(5-4-6-19-3)21(17,18)13(10)20-12/h7,11,16H,4-6,8H2,1-3H3. The highest BCUT2D eigenvalue weighted by Gasteiger charge is 2.38. The molecule has 118 valence electrons. The molecule has 1 aromatic rings. The lowest BCUT2D eigenvalue weighted by atomic mass is 10.2. The molecule has 2 heterocycles. The van der Waals surface area contributed by atoms with E-state index in [1.165, 1.54) is 4.31 Å². The van der Waals surface area contributed by atoms with Gasteiger partial charge in [-0.25, -0.2) is 13.4 Å². The second-order valence-corrected chi connectivity index (χ2v) is 8.28. The predicted octanol–water partition coefficient (Wildman–Crippen LogP) is 1.93. The maximum absolute atomic E-state index is 12.6. The summed E-state index contributed by atoms with van der Waals surface area (Å²) in [5, 5.41) is 10.8. The van der Waals surface area contributed by atoms with E-state index in [1.54, 1.807) is 13.2 Å². The fourth-order valence-electron chi connectivity index (χ4n) is 2.19. The Kier molecular flexibility index (Phi) is 5.15. The van der Waals surface area contributed by atoms with Gasteiger partial charge < -0.3 is 9.84 Å². The molecule has 0 bridgehead atoms. The molecular weight excluding hydrogens is 312 g/mol. The average molecular weight is 332 g/mol. The van der Waals surface area contributed by atoms with Crippen LogP contribution in [0.1, 0.15) is 31.9 Å². The topological polar surface area (TPSA) is 79.2 Å². The van der Waals surface area contributed by atoms with Crippen LogP contribution in [0, 0.1) is 0 Å². The molecule has 0 spiro atoms. The number of hydrogen-bond acceptors (Lipinski definition) is 6. The Morgan fingerprint density at radius 1 is 1.57 bits per heavy atom. The van der Waals surface area contributed by atoms with Crippen LogP contribution in [-0.4, -0.2) is 50.3 Å². The van der Waals surface area contributed by atoms with E-state index in [0.717, 1.165) is 17.0 Å². The maximum atomic E-state index is 12.6. The molecule has 1 aliphatic rings. The monoisotopic (exact) mass is 332 g/mol. The van der Waals surface area contributed by atoms with E-state index < -0.39 is 16.1 Å². The third-order valence-corrected chi connectivity index (χ3v) is 6.55. The SMILES string of the molecule is COCCCN1CC(O)c2cc(N=C(C)C)sc2S1(=O)=O. The van der Waals surface area contributed by atoms with Gasteiger partial charge in [0, 0.05) is 38.1 Å². The van der Waals surface area contributed by atoms with Gasteiger partial charge in [-0.2, -0.15) is 4.31 Å². The van der Waals surface area contributed by atoms with Crippen LogP contribution in [0.15, 0.2) is 15.3 Å². The Balaban J connectivity index is 2.33. The maximum Gasteiger partial charge on any atom is 0.253 e. The number of methoxy groups -OCH3 is 1. The summed E-state index contributed by atoms with van der Waals surface area (Å²) in [5.41, 5.74) is 1.31. The zero-order valence-corrected chi connectivity index (χ0v) is 14.0. The van der Waals surface area contributed by atoms with Crippen LogP contribution in [0.2, 0.25) is 0 Å². The molecule has 0 saturated carbocycles. The van der Waals surface area contributed by atoms with E-state index >= 15 is 0 Å². The molecule has 1 unspecified atom stereocenters. The zero-order chi connectivity index (χ0) is 15.6. The second-order valence-electron chi connectivity index (χ2n) is 5.11. The van der Waals surface area contributed by atoms with Gasteiger partial charge in [-0.15, -0.1) is 11.3 Å². The van der Waals surface area contributed by atoms with Gasteiger partial charge in [0.15, 0.2) is 0 Å². The van der Waals surface area contributed by atoms with Gasteiger partial charge in [0.25, 0.3) is 10.0 Å². The fourth-order valence-corrected chi connectivity index (χ4v) is 5.53. The lowest BCUT2D eigenvalue weighted by Gasteiger charge is -2.29. The summed E-state index contributed by atoms with van der Waals surface area (Å²) >= 11 is 1.11. The molecule has 1 aromatic heterocycles. The Morgan fingerprint density at radius 3 is 2.90 bits per heavy atom. The van der Waals surface area contributed by atoms with Crippen molar-refractivity contribution in [2.75, 3.05) is 26.8 Å². The number of nitrogens with zero attached hydrogens (tertiary/aromatic N) is 2. The average Bonchev–Trinajstić information content (AvgIpc) is 2.80. The van der Waals surface area contributed by atoms with E-state index in [0.29, 0.717) is 30.1 Å². The number of aliphatic hydroxyl groups excluding tert-OH is 1. The minimum atomic E-state index is -3.54. The molecule has 1 N–H and O–H groups in total. The van der Waals surface area contributed by atoms with Crippen LogP contribution >= 0.6 is 11.3 Å². The van der Waals surface area contributed by atoms with Gasteiger partial charge in [-0.3, -0.25) is 0 Å². The number of fused-ring (bicyclic) bond motifs is 1. The summed E-state index contributed by atoms with van der Waals surface area (Å²) < 4.78 is 31.6. The van der Waals surface area contributed by atoms with Gasteiger partial charge in [-0.05, 0) is 26.3 Å². The molecule has 0 fully saturated rings. The van der Waals surface area contributed by atoms with Crippen LogP contribution in [0.5, 0.6) is 0 Å². The number of hydrogen-bond donors (Lipinski definition) is 1. The highest BCUT2D eigenvalue weighted by molar-refractivity contribution is 7.91. The van der Waals surface area contributed by atoms with Crippen molar-refractivity contribution >= 4 is 32.1 Å². The van der Waals surface area contributed by atoms with Crippen LogP contribution in [0.25, 0.3) is 0 Å². The first kappa shape index (κ1) is 16.6. The van der Waals surface area contributed by atoms with Gasteiger partial charge in [0.05, 0.1) is 6.10 Å². The largest absolute Gasteiger partial charge is 0.387 e. The van der Waals surface area contributed by atoms with Crippen molar-refractivity contribution in [3.63, 3.8) is 0 Å². The van der Waals surface area contributed by atoms with Crippen molar-refractivity contribution in [3.05, 3.63) is 11.6 Å². The first-order chi connectivity index (χ1) is 9.86. The summed E-state index contributed by atoms with van der Waals surface area (Å²) in [6.45, 7) is 4.62. The summed E-state index contributed by atoms with van der Waals surface area (Å²) in [6.07, 6.45) is -0.203. The Morgan fingerprint density at radius 2 is 2.29 bits per heavy atom. The summed E-state index contributed by atoms with van der Waals surface area (Å²) in [4.78, 5) is 4.29. The zero-order valence-electron chi connectivity index (χ0n) is 12.4. The minimum Gasteiger partial charge on any atom is -0.387 e. The van der Waals surface area contributed by atoms with Crippen molar-refractivity contribution < 1.29 is 18.3 Å². The van der Waals surface area contributed by atoms with E-state index in [2.05, 4.69) is 4.99 Å². The smallest absolute Gasteiger partial charge is 0.253 e. The second kappa shape index (κ2) is 6.53. The highest BCUT2D eigenvalue weighted by atomic mass is 32.2. The van der Waals surface area contributed by atoms with Crippen molar-refractivity contribution in [2.45, 2.75) is 30.6 Å². The highest BCUT2D eigenvalue weighted by Crippen LogP contribution is 2.41. The molecule has 1 atom stereocenters. The number of β-amino-alcohol motifs (C(OH)–C–C–N with tert-alkyl or cyclic N) is 1. The predicted molar refractivity (Wildman–Crippen MR) is 83.0 cm³/mol. The summed E-state index contributed by atoms with van der Waals surface area (Å²) in [7, 11) is -1.97. The Labute approximate surface area is 129 Å². The summed E-state index contributed by atoms with van der Waals surface area (Å²) in [5.74, 6) is 0. The van der Waals surface area contributed by atoms with E-state index in [9.17, 15) is 13.5 Å². The molecule has 0 aliphatic carbocycles. The molecule has 6 nitrogen and oxygen atoms in total. The van der Waals surface area contributed by atoms with Gasteiger partial charge in [0.2, 0.25) is 0 Å². The molecule has 0 aromatic carbocycles. The van der Waals surface area contributed by atoms with Gasteiger partial charge >= 0.3 is 0 Å². The Bertz CT molecular complexity index is 633. The first-order valence-corrected chi connectivity index (χ1v) is 8.94. The third-order valence-electron chi connectivity index (χ3n) is 3.11. The molecule has 8 heteroatoms. The first-order valence-electron chi connectivity index (χ1n) is 6.69. The normalized spacial score (nSPS) is 21.0. The number of aliphatic hydroxyl groups is 1. The van der Waals surface area contributed by atoms with Crippen molar-refractivity contribution in [1.29, 1.82) is 0 Å². The van der Waals surface area contributed by atoms with E-state index in [4.69, 9.17) is 4.74 Å². The number of ether oxygens (including phenoxy) is 1. The number of aliphatic imine (C=N–C) groups is 1. The molecule has 0 radical (unpaired) electrons. The molecule has 1 aliphatic heterocycles. The lowest BCUT2D eigenvalue weighted by Crippen LogP contribution is -2.39. The van der Waals surface area contributed by atoms with Gasteiger partial charge in [0.1, 0.15) is 9.21 Å². The molecule has 0 saturated heterocycles. The van der Waals surface area contributed by atoms with Gasteiger partial charge in [-0.1, -0.05) is 0 Å². The van der Waals surface area contributed by atoms with E-state index in [1.807, 2.05) is 13.8 Å². The van der Waals surface area contributed by atoms with Crippen LogP contribution in [-0.2, 0) is 14.8 Å². The lowest BCUT2D eigenvalue weighted by molar-refractivity contribution is 0.131. The molecule has 21 heavy (non-hydrogen) atoms. The number of sulfonamides is 1. The molecular formula is C13H20N2O4S2. The van der Waals surface area contributed by atoms with Crippen molar-refractivity contribution in [1.82, 2.24) is 4.31 Å². The number of rotatable bonds is 5. The molecule has 2 rings (SSSR count). The van der Waals surface area contributed by atoms with Crippen molar-refractivity contribution in [2.24, 2.45) is 4.99 Å². The summed E-state index contributed by atoms with van der Waals surface area (Å²) in [6, 6.07) is 1.67. The van der Waals surface area contributed by atoms with Crippen molar-refractivity contribution in [3.8, 4) is 0 Å². The molecule has 0 amide bonds. The van der Waals surface area contributed by atoms with E-state index in [-0.39, 0.29) is 10.8 Å². The fraction of sp³-hybridized carbons (Fsp3) is 0.615. The Hall–Kier alpha value is -0.800. The minimum absolute atomic E-state index is 0.0873. The van der Waals surface area contributed by atoms with Crippen LogP contribution in [0.3, 0.4) is 0 Å². The van der Waals surface area contributed by atoms with Crippen LogP contribution < -0.4 is 0 Å². The van der Waals surface area contributed by atoms with Crippen LogP contribution in [0.4, 0.5) is 5.00 Å². The third kappa shape index (κ3) is 3.51. The number of thiophene rings is 1.